The zero-order valence-corrected chi connectivity index (χ0v) is 12.1. The second kappa shape index (κ2) is 6.00. The van der Waals surface area contributed by atoms with Crippen molar-refractivity contribution in [3.63, 3.8) is 0 Å². The molecule has 8 nitrogen and oxygen atoms in total. The Hall–Kier alpha value is -1.29. The standard InChI is InChI=1S/C11H19N5O3S/c1-11(2-4-19-5-3-11)8-15-20(17,18)9-6-13-10(16-12)14-7-9/h6-7,15H,2-5,8,12H2,1H3,(H,13,14,16). The van der Waals surface area contributed by atoms with Gasteiger partial charge in [0.05, 0.1) is 12.4 Å². The van der Waals surface area contributed by atoms with E-state index in [1.54, 1.807) is 0 Å². The Morgan fingerprint density at radius 3 is 2.50 bits per heavy atom. The van der Waals surface area contributed by atoms with Crippen molar-refractivity contribution < 1.29 is 13.2 Å². The van der Waals surface area contributed by atoms with Crippen molar-refractivity contribution in [2.45, 2.75) is 24.7 Å². The molecule has 9 heteroatoms. The van der Waals surface area contributed by atoms with Crippen LogP contribution in [0.15, 0.2) is 17.3 Å². The van der Waals surface area contributed by atoms with Crippen LogP contribution in [0, 0.1) is 5.41 Å². The molecular weight excluding hydrogens is 282 g/mol. The predicted octanol–water partition coefficient (Wildman–Crippen LogP) is -0.143. The lowest BCUT2D eigenvalue weighted by molar-refractivity contribution is 0.0264. The van der Waals surface area contributed by atoms with Crippen molar-refractivity contribution in [3.8, 4) is 0 Å². The van der Waals surface area contributed by atoms with Gasteiger partial charge in [-0.3, -0.25) is 5.43 Å². The topological polar surface area (TPSA) is 119 Å². The third-order valence-electron chi connectivity index (χ3n) is 3.46. The van der Waals surface area contributed by atoms with Crippen molar-refractivity contribution >= 4 is 16.0 Å². The van der Waals surface area contributed by atoms with Crippen LogP contribution in [0.25, 0.3) is 0 Å². The van der Waals surface area contributed by atoms with E-state index in [4.69, 9.17) is 10.6 Å². The molecule has 1 saturated heterocycles. The zero-order chi connectivity index (χ0) is 14.6. The van der Waals surface area contributed by atoms with E-state index < -0.39 is 10.0 Å². The number of hydrogen-bond donors (Lipinski definition) is 3. The first-order valence-corrected chi connectivity index (χ1v) is 7.80. The van der Waals surface area contributed by atoms with E-state index in [-0.39, 0.29) is 16.3 Å². The van der Waals surface area contributed by atoms with Gasteiger partial charge in [-0.25, -0.2) is 29.0 Å². The Balaban J connectivity index is 2.02. The van der Waals surface area contributed by atoms with Crippen molar-refractivity contribution in [3.05, 3.63) is 12.4 Å². The van der Waals surface area contributed by atoms with Crippen LogP contribution in [0.2, 0.25) is 0 Å². The van der Waals surface area contributed by atoms with Gasteiger partial charge in [0.1, 0.15) is 4.90 Å². The summed E-state index contributed by atoms with van der Waals surface area (Å²) >= 11 is 0. The summed E-state index contributed by atoms with van der Waals surface area (Å²) < 4.78 is 32.2. The minimum Gasteiger partial charge on any atom is -0.381 e. The number of ether oxygens (including phenoxy) is 1. The molecule has 1 aromatic rings. The Bertz CT molecular complexity index is 540. The average Bonchev–Trinajstić information content (AvgIpc) is 2.46. The van der Waals surface area contributed by atoms with E-state index in [0.29, 0.717) is 19.8 Å². The molecule has 0 spiro atoms. The molecular formula is C11H19N5O3S. The smallest absolute Gasteiger partial charge is 0.243 e. The van der Waals surface area contributed by atoms with Crippen LogP contribution < -0.4 is 16.0 Å². The summed E-state index contributed by atoms with van der Waals surface area (Å²) in [5.41, 5.74) is 2.17. The number of rotatable bonds is 5. The molecule has 112 valence electrons. The predicted molar refractivity (Wildman–Crippen MR) is 73.2 cm³/mol. The fraction of sp³-hybridized carbons (Fsp3) is 0.636. The van der Waals surface area contributed by atoms with E-state index in [0.717, 1.165) is 12.8 Å². The van der Waals surface area contributed by atoms with Gasteiger partial charge in [-0.05, 0) is 18.3 Å². The SMILES string of the molecule is CC1(CNS(=O)(=O)c2cnc(NN)nc2)CCOCC1. The number of nitrogens with zero attached hydrogens (tertiary/aromatic N) is 2. The first-order chi connectivity index (χ1) is 9.45. The lowest BCUT2D eigenvalue weighted by Gasteiger charge is -2.33. The molecule has 1 aliphatic heterocycles. The lowest BCUT2D eigenvalue weighted by atomic mass is 9.83. The zero-order valence-electron chi connectivity index (χ0n) is 11.3. The first-order valence-electron chi connectivity index (χ1n) is 6.31. The van der Waals surface area contributed by atoms with Crippen LogP contribution in [-0.2, 0) is 14.8 Å². The summed E-state index contributed by atoms with van der Waals surface area (Å²) in [5, 5.41) is 0. The summed E-state index contributed by atoms with van der Waals surface area (Å²) in [6.45, 7) is 3.75. The van der Waals surface area contributed by atoms with E-state index in [1.165, 1.54) is 12.4 Å². The second-order valence-electron chi connectivity index (χ2n) is 5.13. The molecule has 20 heavy (non-hydrogen) atoms. The quantitative estimate of drug-likeness (QED) is 0.511. The largest absolute Gasteiger partial charge is 0.381 e. The van der Waals surface area contributed by atoms with Gasteiger partial charge in [-0.2, -0.15) is 0 Å². The summed E-state index contributed by atoms with van der Waals surface area (Å²) in [7, 11) is -3.61. The lowest BCUT2D eigenvalue weighted by Crippen LogP contribution is -2.39. The fourth-order valence-corrected chi connectivity index (χ4v) is 3.01. The molecule has 1 aromatic heterocycles. The fourth-order valence-electron chi connectivity index (χ4n) is 1.92. The minimum absolute atomic E-state index is 0.0205. The number of hydrazine groups is 1. The highest BCUT2D eigenvalue weighted by molar-refractivity contribution is 7.89. The highest BCUT2D eigenvalue weighted by Gasteiger charge is 2.29. The van der Waals surface area contributed by atoms with Gasteiger partial charge in [0.2, 0.25) is 16.0 Å². The third kappa shape index (κ3) is 3.63. The van der Waals surface area contributed by atoms with E-state index in [2.05, 4.69) is 27.0 Å². The van der Waals surface area contributed by atoms with Crippen LogP contribution in [-0.4, -0.2) is 38.1 Å². The third-order valence-corrected chi connectivity index (χ3v) is 4.81. The Labute approximate surface area is 118 Å². The molecule has 0 saturated carbocycles. The van der Waals surface area contributed by atoms with E-state index in [9.17, 15) is 8.42 Å². The maximum absolute atomic E-state index is 12.1. The van der Waals surface area contributed by atoms with Crippen molar-refractivity contribution in [1.29, 1.82) is 0 Å². The molecule has 0 bridgehead atoms. The number of sulfonamides is 1. The minimum atomic E-state index is -3.61. The maximum atomic E-state index is 12.1. The molecule has 0 aliphatic carbocycles. The second-order valence-corrected chi connectivity index (χ2v) is 6.90. The summed E-state index contributed by atoms with van der Waals surface area (Å²) in [4.78, 5) is 7.60. The summed E-state index contributed by atoms with van der Waals surface area (Å²) in [5.74, 6) is 5.30. The number of nitrogen functional groups attached to an aromatic ring is 1. The molecule has 0 aromatic carbocycles. The van der Waals surface area contributed by atoms with Gasteiger partial charge in [-0.1, -0.05) is 6.92 Å². The molecule has 1 fully saturated rings. The van der Waals surface area contributed by atoms with E-state index in [1.807, 2.05) is 0 Å². The van der Waals surface area contributed by atoms with Crippen LogP contribution >= 0.6 is 0 Å². The monoisotopic (exact) mass is 301 g/mol. The van der Waals surface area contributed by atoms with Crippen LogP contribution in [0.4, 0.5) is 5.95 Å². The highest BCUT2D eigenvalue weighted by atomic mass is 32.2. The van der Waals surface area contributed by atoms with Gasteiger partial charge in [0, 0.05) is 19.8 Å². The number of aromatic nitrogens is 2. The molecule has 0 unspecified atom stereocenters. The normalized spacial score (nSPS) is 18.7. The molecule has 2 rings (SSSR count). The number of nitrogens with two attached hydrogens (primary N) is 1. The van der Waals surface area contributed by atoms with Crippen LogP contribution in [0.3, 0.4) is 0 Å². The van der Waals surface area contributed by atoms with Crippen LogP contribution in [0.5, 0.6) is 0 Å². The molecule has 0 atom stereocenters. The van der Waals surface area contributed by atoms with Crippen LogP contribution in [0.1, 0.15) is 19.8 Å². The van der Waals surface area contributed by atoms with Gasteiger partial charge in [0.25, 0.3) is 0 Å². The number of anilines is 1. The average molecular weight is 301 g/mol. The first kappa shape index (κ1) is 15.1. The Morgan fingerprint density at radius 1 is 1.35 bits per heavy atom. The highest BCUT2D eigenvalue weighted by Crippen LogP contribution is 2.29. The van der Waals surface area contributed by atoms with Crippen molar-refractivity contribution in [2.75, 3.05) is 25.2 Å². The molecule has 1 aliphatic rings. The van der Waals surface area contributed by atoms with Gasteiger partial charge >= 0.3 is 0 Å². The van der Waals surface area contributed by atoms with Gasteiger partial charge in [0.15, 0.2) is 0 Å². The molecule has 4 N–H and O–H groups in total. The molecule has 0 radical (unpaired) electrons. The summed E-state index contributed by atoms with van der Waals surface area (Å²) in [6, 6.07) is 0. The molecule has 0 amide bonds. The number of hydrogen-bond acceptors (Lipinski definition) is 7. The number of nitrogens with one attached hydrogen (secondary N) is 2. The summed E-state index contributed by atoms with van der Waals surface area (Å²) in [6.07, 6.45) is 4.11. The van der Waals surface area contributed by atoms with E-state index >= 15 is 0 Å². The van der Waals surface area contributed by atoms with Gasteiger partial charge < -0.3 is 4.74 Å². The van der Waals surface area contributed by atoms with Gasteiger partial charge in [-0.15, -0.1) is 0 Å². The Morgan fingerprint density at radius 2 is 1.95 bits per heavy atom. The van der Waals surface area contributed by atoms with Crippen molar-refractivity contribution in [2.24, 2.45) is 11.3 Å². The van der Waals surface area contributed by atoms with Crippen molar-refractivity contribution in [1.82, 2.24) is 14.7 Å². The molecule has 2 heterocycles. The maximum Gasteiger partial charge on any atom is 0.243 e. The Kier molecular flexibility index (Phi) is 4.53.